The van der Waals surface area contributed by atoms with Crippen molar-refractivity contribution >= 4 is 100 Å². The zero-order chi connectivity index (χ0) is 77.8. The molecular formula is C80H68Cl3NO26. The minimum atomic E-state index is -2.74. The van der Waals surface area contributed by atoms with Crippen LogP contribution in [0.2, 0.25) is 0 Å². The summed E-state index contributed by atoms with van der Waals surface area (Å²) in [6.07, 6.45) is -31.2. The van der Waals surface area contributed by atoms with E-state index in [0.717, 1.165) is 13.8 Å². The first-order valence-corrected chi connectivity index (χ1v) is 35.1. The first kappa shape index (κ1) is 79.6. The van der Waals surface area contributed by atoms with Crippen LogP contribution in [-0.2, 0) is 85.4 Å². The molecule has 3 aliphatic rings. The molecule has 8 aromatic rings. The third kappa shape index (κ3) is 20.9. The molecule has 570 valence electrons. The molecule has 11 rings (SSSR count). The first-order chi connectivity index (χ1) is 53.1. The van der Waals surface area contributed by atoms with Crippen molar-refractivity contribution in [2.24, 2.45) is 0 Å². The maximum absolute atomic E-state index is 14.8. The summed E-state index contributed by atoms with van der Waals surface area (Å²) in [5, 5.41) is 8.90. The molecule has 30 heteroatoms. The summed E-state index contributed by atoms with van der Waals surface area (Å²) in [5.74, 6) is -11.9. The molecule has 8 aromatic carbocycles. The van der Waals surface area contributed by atoms with Crippen LogP contribution in [-0.4, -0.2) is 181 Å². The Morgan fingerprint density at radius 2 is 0.527 bits per heavy atom. The van der Waals surface area contributed by atoms with Crippen LogP contribution in [0.3, 0.4) is 0 Å². The molecule has 0 aliphatic carbocycles. The van der Waals surface area contributed by atoms with Gasteiger partial charge < -0.3 is 75.8 Å². The Morgan fingerprint density at radius 3 is 0.836 bits per heavy atom. The van der Waals surface area contributed by atoms with Crippen molar-refractivity contribution in [1.82, 2.24) is 0 Å². The fourth-order valence-corrected chi connectivity index (χ4v) is 11.9. The Hall–Kier alpha value is -11.4. The average Bonchev–Trinajstić information content (AvgIpc) is 0.777. The van der Waals surface area contributed by atoms with E-state index in [1.807, 2.05) is 0 Å². The third-order valence-electron chi connectivity index (χ3n) is 16.9. The summed E-state index contributed by atoms with van der Waals surface area (Å²) in [5.41, 5.74) is -0.356. The van der Waals surface area contributed by atoms with Crippen LogP contribution in [0.4, 0.5) is 0 Å². The lowest BCUT2D eigenvalue weighted by Gasteiger charge is -2.49. The summed E-state index contributed by atoms with van der Waals surface area (Å²) in [4.78, 5) is 143. The van der Waals surface area contributed by atoms with Crippen LogP contribution in [0.25, 0.3) is 0 Å². The van der Waals surface area contributed by atoms with Gasteiger partial charge in [-0.15, -0.1) is 0 Å². The lowest BCUT2D eigenvalue weighted by atomic mass is 9.95. The summed E-state index contributed by atoms with van der Waals surface area (Å²) < 4.78 is 98.1. The predicted octanol–water partition coefficient (Wildman–Crippen LogP) is 10.9. The van der Waals surface area contributed by atoms with Gasteiger partial charge in [0.2, 0.25) is 12.2 Å². The lowest BCUT2D eigenvalue weighted by Crippen LogP contribution is -2.68. The van der Waals surface area contributed by atoms with Crippen molar-refractivity contribution in [3.8, 4) is 0 Å². The highest BCUT2D eigenvalue weighted by molar-refractivity contribution is 6.76. The number of ether oxygens (including phenoxy) is 16. The van der Waals surface area contributed by atoms with Gasteiger partial charge in [0.05, 0.1) is 51.1 Å². The molecule has 0 radical (unpaired) electrons. The second-order valence-electron chi connectivity index (χ2n) is 24.5. The quantitative estimate of drug-likeness (QED) is 0.0173. The first-order valence-electron chi connectivity index (χ1n) is 34.0. The highest BCUT2D eigenvalue weighted by Crippen LogP contribution is 2.40. The Labute approximate surface area is 643 Å². The molecule has 3 fully saturated rings. The minimum absolute atomic E-state index is 0.0254. The zero-order valence-corrected chi connectivity index (χ0v) is 60.4. The van der Waals surface area contributed by atoms with Gasteiger partial charge in [-0.25, -0.2) is 38.4 Å². The summed E-state index contributed by atoms with van der Waals surface area (Å²) >= 11 is 18.8. The van der Waals surface area contributed by atoms with Gasteiger partial charge in [-0.05, 0) is 97.1 Å². The van der Waals surface area contributed by atoms with E-state index in [-0.39, 0.29) is 44.5 Å². The van der Waals surface area contributed by atoms with Crippen molar-refractivity contribution in [2.45, 2.75) is 110 Å². The van der Waals surface area contributed by atoms with E-state index in [0.29, 0.717) is 0 Å². The van der Waals surface area contributed by atoms with Gasteiger partial charge in [0, 0.05) is 13.8 Å². The molecule has 15 atom stereocenters. The van der Waals surface area contributed by atoms with Crippen LogP contribution in [0.5, 0.6) is 0 Å². The Bertz CT molecular complexity index is 4500. The number of alkyl halides is 3. The highest BCUT2D eigenvalue weighted by Gasteiger charge is 2.60. The van der Waals surface area contributed by atoms with Gasteiger partial charge in [-0.1, -0.05) is 180 Å². The monoisotopic (exact) mass is 1560 g/mol. The SMILES string of the molecule is CC(=O)O[C@@H]1[C@H](O[C@@H]2O[C@H](COC(=O)c3ccccc3)[C@@H](OC(=O)c3ccccc3)[C@H](OC(=O)c3ccccc3)[C@H]2OC(=O)c2ccccc2)[C@@H](OC(C)=O)[C@@H](OC(=N)C(Cl)(Cl)Cl)O[C@@H]1CO[C@@H]1O[C@H](COC(=O)c2ccccc2)[C@@H](OC(=O)c2ccccc2)[C@H](OC(=O)c2ccccc2)[C@H]1OC(=O)c1ccccc1. The van der Waals surface area contributed by atoms with Gasteiger partial charge in [-0.2, -0.15) is 0 Å². The summed E-state index contributed by atoms with van der Waals surface area (Å²) in [6.45, 7) is -0.932. The molecule has 0 unspecified atom stereocenters. The lowest BCUT2D eigenvalue weighted by molar-refractivity contribution is -0.359. The van der Waals surface area contributed by atoms with Crippen molar-refractivity contribution in [1.29, 1.82) is 5.41 Å². The minimum Gasteiger partial charge on any atom is -0.459 e. The molecule has 110 heavy (non-hydrogen) atoms. The number of carbonyl (C=O) groups is 10. The molecule has 3 heterocycles. The molecule has 0 amide bonds. The van der Waals surface area contributed by atoms with Crippen LogP contribution in [0.1, 0.15) is 96.7 Å². The summed E-state index contributed by atoms with van der Waals surface area (Å²) in [6, 6.07) is 59.8. The highest BCUT2D eigenvalue weighted by atomic mass is 35.6. The molecule has 3 aliphatic heterocycles. The van der Waals surface area contributed by atoms with Crippen LogP contribution in [0.15, 0.2) is 243 Å². The van der Waals surface area contributed by atoms with E-state index in [4.69, 9.17) is 116 Å². The number of halogens is 3. The van der Waals surface area contributed by atoms with E-state index in [1.54, 1.807) is 72.8 Å². The van der Waals surface area contributed by atoms with Crippen LogP contribution >= 0.6 is 34.8 Å². The van der Waals surface area contributed by atoms with Crippen molar-refractivity contribution in [3.05, 3.63) is 287 Å². The largest absolute Gasteiger partial charge is 0.459 e. The topological polar surface area (TPSA) is 342 Å². The second kappa shape index (κ2) is 37.6. The Balaban J connectivity index is 1.05. The van der Waals surface area contributed by atoms with Gasteiger partial charge in [0.25, 0.3) is 3.79 Å². The average molecular weight is 1570 g/mol. The van der Waals surface area contributed by atoms with Gasteiger partial charge in [0.15, 0.2) is 61.4 Å². The van der Waals surface area contributed by atoms with E-state index in [9.17, 15) is 47.9 Å². The molecule has 0 aromatic heterocycles. The molecule has 0 spiro atoms. The summed E-state index contributed by atoms with van der Waals surface area (Å²) in [7, 11) is 0. The van der Waals surface area contributed by atoms with Crippen LogP contribution < -0.4 is 0 Å². The number of nitrogens with one attached hydrogen (secondary N) is 1. The van der Waals surface area contributed by atoms with Gasteiger partial charge >= 0.3 is 59.7 Å². The van der Waals surface area contributed by atoms with E-state index < -0.39 is 181 Å². The van der Waals surface area contributed by atoms with Gasteiger partial charge in [0.1, 0.15) is 37.6 Å². The number of benzene rings is 8. The van der Waals surface area contributed by atoms with E-state index >= 15 is 0 Å². The third-order valence-corrected chi connectivity index (χ3v) is 17.4. The number of hydrogen-bond donors (Lipinski definition) is 1. The molecule has 27 nitrogen and oxygen atoms in total. The van der Waals surface area contributed by atoms with Crippen molar-refractivity contribution in [2.75, 3.05) is 19.8 Å². The zero-order valence-electron chi connectivity index (χ0n) is 58.1. The fraction of sp³-hybridized carbons (Fsp3) is 0.263. The number of carbonyl (C=O) groups excluding carboxylic acids is 10. The van der Waals surface area contributed by atoms with Crippen molar-refractivity contribution < 1.29 is 124 Å². The molecule has 0 saturated carbocycles. The molecule has 3 saturated heterocycles. The normalized spacial score (nSPS) is 23.5. The number of esters is 10. The Kier molecular flexibility index (Phi) is 27.2. The smallest absolute Gasteiger partial charge is 0.338 e. The predicted molar refractivity (Wildman–Crippen MR) is 384 cm³/mol. The molecular weight excluding hydrogens is 1500 g/mol. The maximum atomic E-state index is 14.8. The van der Waals surface area contributed by atoms with Crippen LogP contribution in [0, 0.1) is 5.41 Å². The number of rotatable bonds is 26. The second-order valence-corrected chi connectivity index (χ2v) is 26.8. The van der Waals surface area contributed by atoms with E-state index in [1.165, 1.54) is 170 Å². The molecule has 1 N–H and O–H groups in total. The van der Waals surface area contributed by atoms with Crippen molar-refractivity contribution in [3.63, 3.8) is 0 Å². The molecule has 0 bridgehead atoms. The fourth-order valence-electron chi connectivity index (χ4n) is 11.7. The Morgan fingerprint density at radius 1 is 0.291 bits per heavy atom. The maximum Gasteiger partial charge on any atom is 0.338 e. The number of hydrogen-bond acceptors (Lipinski definition) is 27. The van der Waals surface area contributed by atoms with Gasteiger partial charge in [-0.3, -0.25) is 15.0 Å². The standard InChI is InChI=1S/C80H68Cl3NO26/c1-46(85)98-59-58(45-97-76-65(107-74(93)54-39-23-9-24-40-54)62(105-72(91)52-35-19-7-20-36-52)60(103-70(89)50-31-15-5-16-32-50)56(100-76)43-95-68(87)48-27-11-3-12-28-48)102-78(110-79(84)80(81,82)83)66(99-47(2)86)64(59)109-77-67(108-75(94)55-41-25-10-26-42-55)63(106-73(92)53-37-21-8-22-38-53)61(104-71(90)51-33-17-6-18-34-51)57(101-77)44-96-69(88)49-29-13-4-14-30-49/h3-42,56-67,76-78,84H,43-45H2,1-2H3/t56-,57-,58-,59+,60-,61-,62+,63+,64+,65-,66-,67-,76-,77+,78-/m1/s1. The van der Waals surface area contributed by atoms with E-state index in [2.05, 4.69) is 0 Å².